The summed E-state index contributed by atoms with van der Waals surface area (Å²) in [5.41, 5.74) is 6.23. The predicted octanol–water partition coefficient (Wildman–Crippen LogP) is 2.13. The van der Waals surface area contributed by atoms with Gasteiger partial charge in [0.2, 0.25) is 0 Å². The molecule has 0 bridgehead atoms. The van der Waals surface area contributed by atoms with Gasteiger partial charge in [0, 0.05) is 29.1 Å². The topological polar surface area (TPSA) is 38.0 Å². The number of hydrogen-bond acceptors (Lipinski definition) is 3. The van der Waals surface area contributed by atoms with Crippen LogP contribution in [0.2, 0.25) is 0 Å². The van der Waals surface area contributed by atoms with Crippen LogP contribution in [0.25, 0.3) is 0 Å². The Balaban J connectivity index is 1.89. The summed E-state index contributed by atoms with van der Waals surface area (Å²) in [4.78, 5) is 0. The summed E-state index contributed by atoms with van der Waals surface area (Å²) in [6, 6.07) is 0.744. The van der Waals surface area contributed by atoms with Gasteiger partial charge in [-0.2, -0.15) is 11.8 Å². The third-order valence-corrected chi connectivity index (χ3v) is 5.28. The van der Waals surface area contributed by atoms with Crippen LogP contribution in [0, 0.1) is 0 Å². The molecule has 2 aliphatic rings. The van der Waals surface area contributed by atoms with Crippen LogP contribution in [0.15, 0.2) is 0 Å². The van der Waals surface area contributed by atoms with E-state index in [0.717, 1.165) is 17.8 Å². The monoisotopic (exact) mass is 228 g/mol. The quantitative estimate of drug-likeness (QED) is 0.777. The molecule has 2 rings (SSSR count). The van der Waals surface area contributed by atoms with E-state index in [-0.39, 0.29) is 5.54 Å². The van der Waals surface area contributed by atoms with Crippen LogP contribution in [0.3, 0.4) is 0 Å². The molecule has 0 aromatic carbocycles. The van der Waals surface area contributed by atoms with Crippen LogP contribution >= 0.6 is 11.8 Å². The van der Waals surface area contributed by atoms with Gasteiger partial charge in [-0.25, -0.2) is 0 Å². The summed E-state index contributed by atoms with van der Waals surface area (Å²) in [6.07, 6.45) is 8.22. The Labute approximate surface area is 97.8 Å². The summed E-state index contributed by atoms with van der Waals surface area (Å²) >= 11 is 2.07. The van der Waals surface area contributed by atoms with E-state index in [1.807, 2.05) is 0 Å². The zero-order valence-corrected chi connectivity index (χ0v) is 10.6. The first kappa shape index (κ1) is 11.7. The van der Waals surface area contributed by atoms with Crippen molar-refractivity contribution in [2.75, 3.05) is 12.3 Å². The Hall–Kier alpha value is 0.270. The zero-order chi connectivity index (χ0) is 10.7. The van der Waals surface area contributed by atoms with Crippen molar-refractivity contribution in [2.45, 2.75) is 62.3 Å². The molecule has 15 heavy (non-hydrogen) atoms. The Morgan fingerprint density at radius 2 is 2.07 bits per heavy atom. The van der Waals surface area contributed by atoms with Crippen molar-refractivity contribution in [1.29, 1.82) is 0 Å². The molecule has 2 atom stereocenters. The molecule has 1 aliphatic heterocycles. The van der Waals surface area contributed by atoms with E-state index in [0.29, 0.717) is 0 Å². The number of nitrogens with two attached hydrogens (primary N) is 1. The van der Waals surface area contributed by atoms with Gasteiger partial charge in [0.25, 0.3) is 0 Å². The van der Waals surface area contributed by atoms with Gasteiger partial charge in [-0.05, 0) is 19.3 Å². The number of thioether (sulfide) groups is 1. The Bertz CT molecular complexity index is 204. The molecule has 2 nitrogen and oxygen atoms in total. The molecule has 0 aromatic rings. The Morgan fingerprint density at radius 3 is 2.60 bits per heavy atom. The smallest absolute Gasteiger partial charge is 0.0407 e. The minimum atomic E-state index is 0.256. The third-order valence-electron chi connectivity index (χ3n) is 3.83. The zero-order valence-electron chi connectivity index (χ0n) is 9.80. The molecule has 3 heteroatoms. The fourth-order valence-electron chi connectivity index (χ4n) is 2.95. The van der Waals surface area contributed by atoms with Gasteiger partial charge in [0.15, 0.2) is 0 Å². The lowest BCUT2D eigenvalue weighted by Crippen LogP contribution is -2.56. The highest BCUT2D eigenvalue weighted by atomic mass is 32.2. The summed E-state index contributed by atoms with van der Waals surface area (Å²) in [5.74, 6) is 1.21. The fourth-order valence-corrected chi connectivity index (χ4v) is 4.31. The average molecular weight is 228 g/mol. The van der Waals surface area contributed by atoms with E-state index in [2.05, 4.69) is 24.0 Å². The van der Waals surface area contributed by atoms with Crippen molar-refractivity contribution < 1.29 is 0 Å². The second-order valence-corrected chi connectivity index (χ2v) is 6.72. The first-order valence-corrected chi connectivity index (χ1v) is 7.38. The van der Waals surface area contributed by atoms with Gasteiger partial charge < -0.3 is 11.1 Å². The Kier molecular flexibility index (Phi) is 3.97. The maximum Gasteiger partial charge on any atom is 0.0407 e. The van der Waals surface area contributed by atoms with Gasteiger partial charge >= 0.3 is 0 Å². The largest absolute Gasteiger partial charge is 0.329 e. The van der Waals surface area contributed by atoms with Crippen molar-refractivity contribution in [3.63, 3.8) is 0 Å². The normalized spacial score (nSPS) is 38.4. The van der Waals surface area contributed by atoms with E-state index in [1.54, 1.807) is 0 Å². The molecular formula is C12H24N2S. The first-order valence-electron chi connectivity index (χ1n) is 6.33. The lowest BCUT2D eigenvalue weighted by molar-refractivity contribution is 0.268. The molecule has 88 valence electrons. The minimum Gasteiger partial charge on any atom is -0.329 e. The highest BCUT2D eigenvalue weighted by Gasteiger charge is 2.38. The highest BCUT2D eigenvalue weighted by molar-refractivity contribution is 8.00. The first-order chi connectivity index (χ1) is 7.24. The molecule has 3 N–H and O–H groups in total. The summed E-state index contributed by atoms with van der Waals surface area (Å²) in [7, 11) is 0. The van der Waals surface area contributed by atoms with Gasteiger partial charge in [-0.1, -0.05) is 26.2 Å². The lowest BCUT2D eigenvalue weighted by atomic mass is 9.90. The molecule has 0 aromatic heterocycles. The Morgan fingerprint density at radius 1 is 1.33 bits per heavy atom. The van der Waals surface area contributed by atoms with Crippen LogP contribution < -0.4 is 11.1 Å². The summed E-state index contributed by atoms with van der Waals surface area (Å²) in [5, 5.41) is 4.65. The van der Waals surface area contributed by atoms with Gasteiger partial charge in [0.05, 0.1) is 0 Å². The van der Waals surface area contributed by atoms with Crippen LogP contribution in [0.1, 0.15) is 45.4 Å². The van der Waals surface area contributed by atoms with Crippen molar-refractivity contribution in [2.24, 2.45) is 5.73 Å². The van der Waals surface area contributed by atoms with Crippen molar-refractivity contribution >= 4 is 11.8 Å². The van der Waals surface area contributed by atoms with Crippen molar-refractivity contribution in [1.82, 2.24) is 5.32 Å². The van der Waals surface area contributed by atoms with Crippen molar-refractivity contribution in [3.05, 3.63) is 0 Å². The van der Waals surface area contributed by atoms with E-state index in [9.17, 15) is 0 Å². The second kappa shape index (κ2) is 5.07. The molecular weight excluding hydrogens is 204 g/mol. The van der Waals surface area contributed by atoms with Crippen LogP contribution in [0.5, 0.6) is 0 Å². The number of rotatable bonds is 3. The minimum absolute atomic E-state index is 0.256. The third kappa shape index (κ3) is 2.89. The standard InChI is InChI=1S/C12H24N2S/c1-10-7-12(8-13,9-15-10)14-11-5-3-2-4-6-11/h10-11,14H,2-9,13H2,1H3. The van der Waals surface area contributed by atoms with Crippen LogP contribution in [0.4, 0.5) is 0 Å². The fraction of sp³-hybridized carbons (Fsp3) is 1.00. The van der Waals surface area contributed by atoms with Gasteiger partial charge in [-0.15, -0.1) is 0 Å². The molecule has 0 radical (unpaired) electrons. The maximum atomic E-state index is 5.97. The summed E-state index contributed by atoms with van der Waals surface area (Å²) < 4.78 is 0. The van der Waals surface area contributed by atoms with E-state index in [1.165, 1.54) is 44.3 Å². The molecule has 2 fully saturated rings. The molecule has 0 amide bonds. The van der Waals surface area contributed by atoms with E-state index in [4.69, 9.17) is 5.73 Å². The predicted molar refractivity (Wildman–Crippen MR) is 68.3 cm³/mol. The maximum absolute atomic E-state index is 5.97. The molecule has 1 saturated carbocycles. The SMILES string of the molecule is CC1CC(CN)(NC2CCCCC2)CS1. The van der Waals surface area contributed by atoms with Crippen molar-refractivity contribution in [3.8, 4) is 0 Å². The van der Waals surface area contributed by atoms with Crippen LogP contribution in [-0.4, -0.2) is 29.1 Å². The summed E-state index contributed by atoms with van der Waals surface area (Å²) in [6.45, 7) is 3.13. The highest BCUT2D eigenvalue weighted by Crippen LogP contribution is 2.35. The van der Waals surface area contributed by atoms with E-state index < -0.39 is 0 Å². The number of hydrogen-bond donors (Lipinski definition) is 2. The lowest BCUT2D eigenvalue weighted by Gasteiger charge is -2.35. The molecule has 1 aliphatic carbocycles. The van der Waals surface area contributed by atoms with Crippen LogP contribution in [-0.2, 0) is 0 Å². The average Bonchev–Trinajstić information content (AvgIpc) is 2.62. The van der Waals surface area contributed by atoms with E-state index >= 15 is 0 Å². The van der Waals surface area contributed by atoms with Gasteiger partial charge in [0.1, 0.15) is 0 Å². The number of nitrogens with one attached hydrogen (secondary N) is 1. The molecule has 1 saturated heterocycles. The molecule has 0 spiro atoms. The molecule has 2 unspecified atom stereocenters. The molecule has 1 heterocycles. The second-order valence-electron chi connectivity index (χ2n) is 5.29. The van der Waals surface area contributed by atoms with Gasteiger partial charge in [-0.3, -0.25) is 0 Å².